The van der Waals surface area contributed by atoms with Crippen molar-refractivity contribution in [3.8, 4) is 0 Å². The molecule has 1 aromatic rings. The van der Waals surface area contributed by atoms with Crippen LogP contribution >= 0.6 is 0 Å². The summed E-state index contributed by atoms with van der Waals surface area (Å²) < 4.78 is 54.4. The van der Waals surface area contributed by atoms with E-state index in [1.54, 1.807) is 0 Å². The summed E-state index contributed by atoms with van der Waals surface area (Å²) in [5.41, 5.74) is -0.0371. The van der Waals surface area contributed by atoms with Crippen LogP contribution in [-0.2, 0) is 4.79 Å². The molecule has 1 aliphatic rings. The lowest BCUT2D eigenvalue weighted by Crippen LogP contribution is -2.43. The number of benzene rings is 1. The highest BCUT2D eigenvalue weighted by molar-refractivity contribution is 5.55. The van der Waals surface area contributed by atoms with Gasteiger partial charge in [0.05, 0.1) is 11.6 Å². The molecule has 0 aromatic heterocycles. The summed E-state index contributed by atoms with van der Waals surface area (Å²) in [5, 5.41) is 0. The van der Waals surface area contributed by atoms with Gasteiger partial charge in [0.1, 0.15) is 24.7 Å². The smallest absolute Gasteiger partial charge is 0.240 e. The Balaban J connectivity index is 2.46. The minimum Gasteiger partial charge on any atom is -0.244 e. The quantitative estimate of drug-likeness (QED) is 0.460. The molecule has 0 spiro atoms. The predicted octanol–water partition coefficient (Wildman–Crippen LogP) is 3.49. The maximum atomic E-state index is 13.8. The second kappa shape index (κ2) is 5.53. The molecule has 102 valence electrons. The number of rotatable bonds is 2. The Morgan fingerprint density at radius 1 is 1.05 bits per heavy atom. The largest absolute Gasteiger partial charge is 0.244 e. The monoisotopic (exact) mass is 273 g/mol. The van der Waals surface area contributed by atoms with E-state index >= 15 is 0 Å². The standard InChI is InChI=1S/C13H11F4NO/c14-8-5-9(15)13(17)11(12(8)16)7-3-1-2-4-10(7)18-6-19/h1-4,8-9,11-13H,5H2. The van der Waals surface area contributed by atoms with Crippen LogP contribution in [0.3, 0.4) is 0 Å². The van der Waals surface area contributed by atoms with E-state index in [1.165, 1.54) is 30.3 Å². The van der Waals surface area contributed by atoms with E-state index in [0.29, 0.717) is 0 Å². The Bertz CT molecular complexity index is 489. The SMILES string of the molecule is O=C=Nc1ccccc1C1C(F)C(F)CC(F)C1F. The van der Waals surface area contributed by atoms with Crippen LogP contribution in [-0.4, -0.2) is 30.8 Å². The second-order valence-electron chi connectivity index (χ2n) is 4.44. The van der Waals surface area contributed by atoms with Gasteiger partial charge in [-0.3, -0.25) is 0 Å². The van der Waals surface area contributed by atoms with Crippen LogP contribution in [0.25, 0.3) is 0 Å². The van der Waals surface area contributed by atoms with E-state index in [2.05, 4.69) is 4.99 Å². The Hall–Kier alpha value is -1.68. The summed E-state index contributed by atoms with van der Waals surface area (Å²) in [5.74, 6) is -1.60. The fourth-order valence-corrected chi connectivity index (χ4v) is 2.36. The molecule has 1 saturated carbocycles. The Labute approximate surface area is 107 Å². The highest BCUT2D eigenvalue weighted by atomic mass is 19.2. The number of aliphatic imine (C=N–C) groups is 1. The summed E-state index contributed by atoms with van der Waals surface area (Å²) in [6, 6.07) is 5.62. The second-order valence-corrected chi connectivity index (χ2v) is 4.44. The number of isocyanates is 1. The van der Waals surface area contributed by atoms with Crippen molar-refractivity contribution < 1.29 is 22.4 Å². The van der Waals surface area contributed by atoms with Crippen molar-refractivity contribution in [3.05, 3.63) is 29.8 Å². The summed E-state index contributed by atoms with van der Waals surface area (Å²) in [6.45, 7) is 0. The molecule has 0 N–H and O–H groups in total. The third-order valence-corrected chi connectivity index (χ3v) is 3.29. The molecule has 0 heterocycles. The van der Waals surface area contributed by atoms with E-state index < -0.39 is 37.0 Å². The zero-order valence-corrected chi connectivity index (χ0v) is 9.77. The van der Waals surface area contributed by atoms with Crippen LogP contribution in [0.1, 0.15) is 17.9 Å². The summed E-state index contributed by atoms with van der Waals surface area (Å²) in [7, 11) is 0. The van der Waals surface area contributed by atoms with Crippen LogP contribution < -0.4 is 0 Å². The van der Waals surface area contributed by atoms with Gasteiger partial charge in [-0.15, -0.1) is 0 Å². The number of nitrogens with zero attached hydrogens (tertiary/aromatic N) is 1. The van der Waals surface area contributed by atoms with Crippen molar-refractivity contribution >= 4 is 11.8 Å². The van der Waals surface area contributed by atoms with E-state index in [4.69, 9.17) is 0 Å². The molecule has 19 heavy (non-hydrogen) atoms. The highest BCUT2D eigenvalue weighted by Crippen LogP contribution is 2.43. The molecule has 0 saturated heterocycles. The fraction of sp³-hybridized carbons (Fsp3) is 0.462. The van der Waals surface area contributed by atoms with Crippen LogP contribution in [0, 0.1) is 0 Å². The minimum absolute atomic E-state index is 0.0177. The first-order valence-electron chi connectivity index (χ1n) is 5.79. The van der Waals surface area contributed by atoms with E-state index in [9.17, 15) is 22.4 Å². The lowest BCUT2D eigenvalue weighted by molar-refractivity contribution is -0.00553. The normalized spacial score (nSPS) is 34.6. The lowest BCUT2D eigenvalue weighted by atomic mass is 9.78. The van der Waals surface area contributed by atoms with Gasteiger partial charge >= 0.3 is 0 Å². The molecule has 1 aliphatic carbocycles. The van der Waals surface area contributed by atoms with Gasteiger partial charge in [0.2, 0.25) is 6.08 Å². The molecule has 4 atom stereocenters. The van der Waals surface area contributed by atoms with Gasteiger partial charge in [0.25, 0.3) is 0 Å². The number of alkyl halides is 4. The summed E-state index contributed by atoms with van der Waals surface area (Å²) >= 11 is 0. The molecular weight excluding hydrogens is 262 g/mol. The van der Waals surface area contributed by atoms with Gasteiger partial charge in [-0.2, -0.15) is 4.99 Å². The number of hydrogen-bond acceptors (Lipinski definition) is 2. The van der Waals surface area contributed by atoms with Crippen LogP contribution in [0.5, 0.6) is 0 Å². The molecular formula is C13H11F4NO. The summed E-state index contributed by atoms with van der Waals surface area (Å²) in [6.07, 6.45) is -8.00. The van der Waals surface area contributed by atoms with E-state index in [1.807, 2.05) is 0 Å². The van der Waals surface area contributed by atoms with Gasteiger partial charge in [-0.05, 0) is 11.6 Å². The topological polar surface area (TPSA) is 29.4 Å². The molecule has 6 heteroatoms. The zero-order chi connectivity index (χ0) is 14.0. The van der Waals surface area contributed by atoms with Gasteiger partial charge in [-0.1, -0.05) is 18.2 Å². The molecule has 0 radical (unpaired) electrons. The van der Waals surface area contributed by atoms with Crippen molar-refractivity contribution in [1.29, 1.82) is 0 Å². The van der Waals surface area contributed by atoms with Crippen LogP contribution in [0.2, 0.25) is 0 Å². The lowest BCUT2D eigenvalue weighted by Gasteiger charge is -2.34. The molecule has 4 unspecified atom stereocenters. The van der Waals surface area contributed by atoms with E-state index in [-0.39, 0.29) is 11.3 Å². The minimum atomic E-state index is -2.16. The molecule has 0 bridgehead atoms. The molecule has 2 nitrogen and oxygen atoms in total. The molecule has 1 fully saturated rings. The van der Waals surface area contributed by atoms with Gasteiger partial charge < -0.3 is 0 Å². The Kier molecular flexibility index (Phi) is 4.00. The molecule has 0 aliphatic heterocycles. The molecule has 0 amide bonds. The van der Waals surface area contributed by atoms with Crippen molar-refractivity contribution in [2.75, 3.05) is 0 Å². The summed E-state index contributed by atoms with van der Waals surface area (Å²) in [4.78, 5) is 13.6. The van der Waals surface area contributed by atoms with Crippen molar-refractivity contribution in [2.24, 2.45) is 4.99 Å². The Morgan fingerprint density at radius 2 is 1.63 bits per heavy atom. The number of halogens is 4. The first kappa shape index (κ1) is 13.7. The first-order chi connectivity index (χ1) is 9.06. The number of carbonyl (C=O) groups excluding carboxylic acids is 1. The average Bonchev–Trinajstić information content (AvgIpc) is 2.39. The maximum absolute atomic E-state index is 13.8. The highest BCUT2D eigenvalue weighted by Gasteiger charge is 2.47. The van der Waals surface area contributed by atoms with Crippen LogP contribution in [0.4, 0.5) is 23.2 Å². The first-order valence-corrected chi connectivity index (χ1v) is 5.79. The molecule has 2 rings (SSSR count). The number of hydrogen-bond donors (Lipinski definition) is 0. The average molecular weight is 273 g/mol. The van der Waals surface area contributed by atoms with Crippen molar-refractivity contribution in [3.63, 3.8) is 0 Å². The van der Waals surface area contributed by atoms with Crippen LogP contribution in [0.15, 0.2) is 29.3 Å². The zero-order valence-electron chi connectivity index (χ0n) is 9.77. The van der Waals surface area contributed by atoms with E-state index in [0.717, 1.165) is 0 Å². The Morgan fingerprint density at radius 3 is 2.21 bits per heavy atom. The van der Waals surface area contributed by atoms with Gasteiger partial charge in [0.15, 0.2) is 0 Å². The fourth-order valence-electron chi connectivity index (χ4n) is 2.36. The third-order valence-electron chi connectivity index (χ3n) is 3.29. The molecule has 1 aromatic carbocycles. The third kappa shape index (κ3) is 2.54. The van der Waals surface area contributed by atoms with Crippen molar-refractivity contribution in [1.82, 2.24) is 0 Å². The van der Waals surface area contributed by atoms with Crippen molar-refractivity contribution in [2.45, 2.75) is 37.0 Å². The maximum Gasteiger partial charge on any atom is 0.240 e. The predicted molar refractivity (Wildman–Crippen MR) is 61.2 cm³/mol. The number of para-hydroxylation sites is 1. The van der Waals surface area contributed by atoms with Gasteiger partial charge in [0, 0.05) is 6.42 Å². The van der Waals surface area contributed by atoms with Gasteiger partial charge in [-0.25, -0.2) is 22.4 Å².